The van der Waals surface area contributed by atoms with Crippen LogP contribution in [0.4, 0.5) is 5.69 Å². The van der Waals surface area contributed by atoms with Crippen molar-refractivity contribution in [2.45, 2.75) is 45.3 Å². The van der Waals surface area contributed by atoms with E-state index in [9.17, 15) is 4.79 Å². The molecule has 1 atom stereocenters. The molecule has 146 valence electrons. The lowest BCUT2D eigenvalue weighted by atomic mass is 9.97. The normalized spacial score (nSPS) is 12.0. The molecule has 0 saturated carbocycles. The second-order valence-corrected chi connectivity index (χ2v) is 7.91. The predicted octanol–water partition coefficient (Wildman–Crippen LogP) is 5.60. The van der Waals surface area contributed by atoms with Gasteiger partial charge in [0, 0.05) is 11.3 Å². The molecule has 0 fully saturated rings. The lowest BCUT2D eigenvalue weighted by Gasteiger charge is -2.15. The maximum Gasteiger partial charge on any atom is 0.277 e. The number of carbonyl (C=O) groups excluding carboxylic acids is 1. The van der Waals surface area contributed by atoms with Crippen LogP contribution < -0.4 is 5.32 Å². The van der Waals surface area contributed by atoms with Crippen molar-refractivity contribution in [1.29, 1.82) is 0 Å². The molecule has 0 bridgehead atoms. The molecule has 0 saturated heterocycles. The van der Waals surface area contributed by atoms with Crippen LogP contribution in [0.25, 0.3) is 11.5 Å². The molecule has 28 heavy (non-hydrogen) atoms. The highest BCUT2D eigenvalue weighted by atomic mass is 32.2. The van der Waals surface area contributed by atoms with E-state index in [-0.39, 0.29) is 11.7 Å². The van der Waals surface area contributed by atoms with Gasteiger partial charge in [-0.15, -0.1) is 10.2 Å². The summed E-state index contributed by atoms with van der Waals surface area (Å²) in [4.78, 5) is 12.4. The standard InChI is InChI=1S/C22H25N3O2S/c1-5-16(4)18-8-6-7-9-19(18)23-20(26)13-28-22-25-24-21(27-22)17-11-14(2)10-15(3)12-17/h6-12,16H,5,13H2,1-4H3,(H,23,26)/t16-/m0/s1. The lowest BCUT2D eigenvalue weighted by molar-refractivity contribution is -0.113. The van der Waals surface area contributed by atoms with Gasteiger partial charge in [-0.1, -0.05) is 61.0 Å². The zero-order valence-corrected chi connectivity index (χ0v) is 17.5. The highest BCUT2D eigenvalue weighted by Crippen LogP contribution is 2.28. The van der Waals surface area contributed by atoms with E-state index in [0.29, 0.717) is 17.0 Å². The van der Waals surface area contributed by atoms with Gasteiger partial charge in [-0.25, -0.2) is 0 Å². The summed E-state index contributed by atoms with van der Waals surface area (Å²) in [7, 11) is 0. The third kappa shape index (κ3) is 5.01. The number of hydrogen-bond acceptors (Lipinski definition) is 5. The van der Waals surface area contributed by atoms with Crippen molar-refractivity contribution in [2.75, 3.05) is 11.1 Å². The first-order valence-electron chi connectivity index (χ1n) is 9.40. The molecular formula is C22H25N3O2S. The highest BCUT2D eigenvalue weighted by Gasteiger charge is 2.14. The van der Waals surface area contributed by atoms with Crippen molar-refractivity contribution in [2.24, 2.45) is 0 Å². The summed E-state index contributed by atoms with van der Waals surface area (Å²) in [5.41, 5.74) is 5.19. The maximum atomic E-state index is 12.4. The molecule has 1 aromatic heterocycles. The van der Waals surface area contributed by atoms with Crippen LogP contribution in [0.5, 0.6) is 0 Å². The number of benzene rings is 2. The van der Waals surface area contributed by atoms with Crippen LogP contribution >= 0.6 is 11.8 Å². The second-order valence-electron chi connectivity index (χ2n) is 6.98. The average molecular weight is 396 g/mol. The van der Waals surface area contributed by atoms with Gasteiger partial charge in [-0.05, 0) is 49.9 Å². The fraction of sp³-hybridized carbons (Fsp3) is 0.318. The minimum absolute atomic E-state index is 0.0908. The van der Waals surface area contributed by atoms with Gasteiger partial charge in [0.2, 0.25) is 11.8 Å². The molecule has 0 aliphatic carbocycles. The Morgan fingerprint density at radius 2 is 1.86 bits per heavy atom. The maximum absolute atomic E-state index is 12.4. The van der Waals surface area contributed by atoms with Crippen LogP contribution in [-0.4, -0.2) is 21.9 Å². The van der Waals surface area contributed by atoms with E-state index in [4.69, 9.17) is 4.42 Å². The van der Waals surface area contributed by atoms with E-state index in [1.807, 2.05) is 44.2 Å². The van der Waals surface area contributed by atoms with Crippen LogP contribution in [0.15, 0.2) is 52.1 Å². The molecule has 2 aromatic carbocycles. The Hall–Kier alpha value is -2.60. The molecule has 5 nitrogen and oxygen atoms in total. The van der Waals surface area contributed by atoms with Crippen molar-refractivity contribution < 1.29 is 9.21 Å². The highest BCUT2D eigenvalue weighted by molar-refractivity contribution is 7.99. The van der Waals surface area contributed by atoms with Crippen LogP contribution in [0.2, 0.25) is 0 Å². The number of thioether (sulfide) groups is 1. The molecule has 0 unspecified atom stereocenters. The summed E-state index contributed by atoms with van der Waals surface area (Å²) in [6.07, 6.45) is 1.02. The predicted molar refractivity (Wildman–Crippen MR) is 114 cm³/mol. The van der Waals surface area contributed by atoms with Gasteiger partial charge < -0.3 is 9.73 Å². The number of anilines is 1. The smallest absolute Gasteiger partial charge is 0.277 e. The first-order valence-corrected chi connectivity index (χ1v) is 10.4. The number of nitrogens with zero attached hydrogens (tertiary/aromatic N) is 2. The number of amides is 1. The summed E-state index contributed by atoms with van der Waals surface area (Å²) >= 11 is 1.24. The van der Waals surface area contributed by atoms with Crippen molar-refractivity contribution in [3.8, 4) is 11.5 Å². The van der Waals surface area contributed by atoms with E-state index >= 15 is 0 Å². The third-order valence-electron chi connectivity index (χ3n) is 4.58. The minimum Gasteiger partial charge on any atom is -0.411 e. The van der Waals surface area contributed by atoms with Gasteiger partial charge in [0.05, 0.1) is 5.75 Å². The molecule has 1 N–H and O–H groups in total. The Balaban J connectivity index is 1.62. The summed E-state index contributed by atoms with van der Waals surface area (Å²) in [5.74, 6) is 0.979. The van der Waals surface area contributed by atoms with Crippen molar-refractivity contribution >= 4 is 23.4 Å². The van der Waals surface area contributed by atoms with Gasteiger partial charge in [0.1, 0.15) is 0 Å². The molecule has 0 aliphatic heterocycles. The quantitative estimate of drug-likeness (QED) is 0.528. The van der Waals surface area contributed by atoms with Crippen LogP contribution in [-0.2, 0) is 4.79 Å². The Morgan fingerprint density at radius 1 is 1.14 bits per heavy atom. The molecule has 0 spiro atoms. The lowest BCUT2D eigenvalue weighted by Crippen LogP contribution is -2.15. The van der Waals surface area contributed by atoms with Crippen molar-refractivity contribution in [3.05, 3.63) is 59.2 Å². The molecule has 0 aliphatic rings. The Labute approximate surface area is 170 Å². The van der Waals surface area contributed by atoms with Crippen molar-refractivity contribution in [1.82, 2.24) is 10.2 Å². The summed E-state index contributed by atoms with van der Waals surface area (Å²) in [5, 5.41) is 11.6. The Morgan fingerprint density at radius 3 is 2.57 bits per heavy atom. The van der Waals surface area contributed by atoms with Gasteiger partial charge in [-0.3, -0.25) is 4.79 Å². The largest absolute Gasteiger partial charge is 0.411 e. The summed E-state index contributed by atoms with van der Waals surface area (Å²) in [6, 6.07) is 14.0. The first-order chi connectivity index (χ1) is 13.5. The SMILES string of the molecule is CC[C@H](C)c1ccccc1NC(=O)CSc1nnc(-c2cc(C)cc(C)c2)o1. The van der Waals surface area contributed by atoms with Crippen molar-refractivity contribution in [3.63, 3.8) is 0 Å². The molecule has 3 rings (SSSR count). The number of rotatable bonds is 7. The molecule has 1 heterocycles. The van der Waals surface area contributed by atoms with E-state index in [1.165, 1.54) is 11.8 Å². The van der Waals surface area contributed by atoms with E-state index in [0.717, 1.165) is 34.4 Å². The number of aryl methyl sites for hydroxylation is 2. The fourth-order valence-electron chi connectivity index (χ4n) is 3.06. The van der Waals surface area contributed by atoms with Crippen LogP contribution in [0, 0.1) is 13.8 Å². The monoisotopic (exact) mass is 395 g/mol. The van der Waals surface area contributed by atoms with Gasteiger partial charge in [0.25, 0.3) is 5.22 Å². The molecule has 0 radical (unpaired) electrons. The third-order valence-corrected chi connectivity index (χ3v) is 5.40. The van der Waals surface area contributed by atoms with E-state index in [2.05, 4.69) is 41.5 Å². The van der Waals surface area contributed by atoms with E-state index in [1.54, 1.807) is 0 Å². The number of hydrogen-bond donors (Lipinski definition) is 1. The topological polar surface area (TPSA) is 68.0 Å². The molecule has 1 amide bonds. The molecule has 3 aromatic rings. The molecular weight excluding hydrogens is 370 g/mol. The van der Waals surface area contributed by atoms with E-state index < -0.39 is 0 Å². The van der Waals surface area contributed by atoms with Gasteiger partial charge in [0.15, 0.2) is 0 Å². The average Bonchev–Trinajstić information content (AvgIpc) is 3.14. The summed E-state index contributed by atoms with van der Waals surface area (Å²) < 4.78 is 5.72. The Bertz CT molecular complexity index is 948. The first kappa shape index (κ1) is 20.1. The minimum atomic E-state index is -0.0908. The Kier molecular flexibility index (Phi) is 6.52. The summed E-state index contributed by atoms with van der Waals surface area (Å²) in [6.45, 7) is 8.36. The number of carbonyl (C=O) groups is 1. The molecule has 6 heteroatoms. The number of aromatic nitrogens is 2. The van der Waals surface area contributed by atoms with Crippen LogP contribution in [0.3, 0.4) is 0 Å². The zero-order valence-electron chi connectivity index (χ0n) is 16.7. The second kappa shape index (κ2) is 9.06. The zero-order chi connectivity index (χ0) is 20.1. The fourth-order valence-corrected chi connectivity index (χ4v) is 3.62. The number of nitrogens with one attached hydrogen (secondary N) is 1. The van der Waals surface area contributed by atoms with Gasteiger partial charge >= 0.3 is 0 Å². The van der Waals surface area contributed by atoms with Crippen LogP contribution in [0.1, 0.15) is 42.9 Å². The van der Waals surface area contributed by atoms with Gasteiger partial charge in [-0.2, -0.15) is 0 Å². The number of para-hydroxylation sites is 1.